The minimum atomic E-state index is -0.0212. The molecule has 4 aliphatic rings. The number of nitrogens with one attached hydrogen (secondary N) is 1. The second-order valence-corrected chi connectivity index (χ2v) is 8.99. The number of rotatable bonds is 5. The van der Waals surface area contributed by atoms with Crippen molar-refractivity contribution >= 4 is 5.97 Å². The fourth-order valence-electron chi connectivity index (χ4n) is 5.50. The summed E-state index contributed by atoms with van der Waals surface area (Å²) in [7, 11) is 0. The topological polar surface area (TPSA) is 38.3 Å². The summed E-state index contributed by atoms with van der Waals surface area (Å²) in [5.41, 5.74) is 4.66. The standard InChI is InChI=1S/C23H33NO2/c1-16-7-6-11-23(2)14-21-18(13-20(16)23)19(22(25)26-21)15-24-12-10-17-8-4-3-5-9-17/h7-8,13,18-19,21,24H,3-6,9-12,14-15H2,1-2H3. The molecular weight excluding hydrogens is 322 g/mol. The second kappa shape index (κ2) is 7.34. The third kappa shape index (κ3) is 3.43. The van der Waals surface area contributed by atoms with Crippen LogP contribution >= 0.6 is 0 Å². The molecule has 0 aromatic rings. The zero-order valence-corrected chi connectivity index (χ0v) is 16.4. The lowest BCUT2D eigenvalue weighted by molar-refractivity contribution is -0.145. The van der Waals surface area contributed by atoms with Crippen LogP contribution in [0.3, 0.4) is 0 Å². The van der Waals surface area contributed by atoms with Crippen molar-refractivity contribution in [2.75, 3.05) is 13.1 Å². The Morgan fingerprint density at radius 1 is 1.27 bits per heavy atom. The van der Waals surface area contributed by atoms with Gasteiger partial charge in [-0.2, -0.15) is 0 Å². The average molecular weight is 356 g/mol. The maximum Gasteiger partial charge on any atom is 0.311 e. The lowest BCUT2D eigenvalue weighted by Crippen LogP contribution is -2.38. The Morgan fingerprint density at radius 2 is 2.15 bits per heavy atom. The monoisotopic (exact) mass is 355 g/mol. The van der Waals surface area contributed by atoms with E-state index >= 15 is 0 Å². The second-order valence-electron chi connectivity index (χ2n) is 8.99. The minimum Gasteiger partial charge on any atom is -0.461 e. The Morgan fingerprint density at radius 3 is 2.96 bits per heavy atom. The van der Waals surface area contributed by atoms with Crippen molar-refractivity contribution in [1.29, 1.82) is 0 Å². The molecule has 4 unspecified atom stereocenters. The first kappa shape index (κ1) is 18.0. The van der Waals surface area contributed by atoms with Gasteiger partial charge in [0.2, 0.25) is 0 Å². The molecule has 0 bridgehead atoms. The van der Waals surface area contributed by atoms with E-state index in [2.05, 4.69) is 37.4 Å². The van der Waals surface area contributed by atoms with Crippen molar-refractivity contribution in [2.24, 2.45) is 17.3 Å². The Kier molecular flexibility index (Phi) is 5.09. The van der Waals surface area contributed by atoms with Gasteiger partial charge < -0.3 is 10.1 Å². The molecule has 1 aliphatic heterocycles. The van der Waals surface area contributed by atoms with Gasteiger partial charge in [-0.15, -0.1) is 0 Å². The van der Waals surface area contributed by atoms with Gasteiger partial charge in [0.15, 0.2) is 0 Å². The number of carbonyl (C=O) groups excluding carboxylic acids is 1. The van der Waals surface area contributed by atoms with Crippen LogP contribution in [0.2, 0.25) is 0 Å². The van der Waals surface area contributed by atoms with Gasteiger partial charge >= 0.3 is 5.97 Å². The fourth-order valence-corrected chi connectivity index (χ4v) is 5.50. The maximum absolute atomic E-state index is 12.5. The third-order valence-electron chi connectivity index (χ3n) is 7.07. The van der Waals surface area contributed by atoms with E-state index in [-0.39, 0.29) is 29.3 Å². The first-order valence-electron chi connectivity index (χ1n) is 10.6. The first-order valence-corrected chi connectivity index (χ1v) is 10.6. The van der Waals surface area contributed by atoms with E-state index in [1.54, 1.807) is 5.57 Å². The molecule has 0 aromatic carbocycles. The zero-order valence-electron chi connectivity index (χ0n) is 16.4. The molecule has 26 heavy (non-hydrogen) atoms. The fraction of sp³-hybridized carbons (Fsp3) is 0.696. The highest BCUT2D eigenvalue weighted by molar-refractivity contribution is 5.76. The van der Waals surface area contributed by atoms with Crippen molar-refractivity contribution in [1.82, 2.24) is 5.32 Å². The molecule has 1 fully saturated rings. The predicted octanol–water partition coefficient (Wildman–Crippen LogP) is 4.70. The summed E-state index contributed by atoms with van der Waals surface area (Å²) >= 11 is 0. The Hall–Kier alpha value is -1.35. The molecule has 1 heterocycles. The highest BCUT2D eigenvalue weighted by atomic mass is 16.6. The van der Waals surface area contributed by atoms with Crippen molar-refractivity contribution in [2.45, 2.75) is 71.3 Å². The number of ether oxygens (including phenoxy) is 1. The number of fused-ring (bicyclic) bond motifs is 2. The predicted molar refractivity (Wildman–Crippen MR) is 105 cm³/mol. The summed E-state index contributed by atoms with van der Waals surface area (Å²) in [6.07, 6.45) is 16.9. The summed E-state index contributed by atoms with van der Waals surface area (Å²) in [6, 6.07) is 0. The molecule has 0 aromatic heterocycles. The Bertz CT molecular complexity index is 659. The number of hydrogen-bond donors (Lipinski definition) is 1. The van der Waals surface area contributed by atoms with Crippen LogP contribution in [0.4, 0.5) is 0 Å². The molecule has 0 saturated carbocycles. The molecule has 3 nitrogen and oxygen atoms in total. The maximum atomic E-state index is 12.5. The number of hydrogen-bond acceptors (Lipinski definition) is 3. The van der Waals surface area contributed by atoms with Gasteiger partial charge in [-0.3, -0.25) is 4.79 Å². The lowest BCUT2D eigenvalue weighted by atomic mass is 9.62. The molecule has 3 aliphatic carbocycles. The summed E-state index contributed by atoms with van der Waals surface area (Å²) in [6.45, 7) is 6.30. The van der Waals surface area contributed by atoms with E-state index in [9.17, 15) is 4.79 Å². The molecule has 4 rings (SSSR count). The molecule has 4 atom stereocenters. The van der Waals surface area contributed by atoms with Crippen LogP contribution in [-0.2, 0) is 9.53 Å². The van der Waals surface area contributed by atoms with Crippen LogP contribution in [0, 0.1) is 17.3 Å². The highest BCUT2D eigenvalue weighted by Gasteiger charge is 2.50. The first-order chi connectivity index (χ1) is 12.6. The van der Waals surface area contributed by atoms with E-state index in [0.29, 0.717) is 0 Å². The Labute approximate surface area is 158 Å². The molecule has 1 N–H and O–H groups in total. The van der Waals surface area contributed by atoms with Crippen LogP contribution in [-0.4, -0.2) is 25.2 Å². The van der Waals surface area contributed by atoms with E-state index in [1.807, 2.05) is 0 Å². The van der Waals surface area contributed by atoms with Crippen molar-refractivity contribution < 1.29 is 9.53 Å². The molecule has 3 heteroatoms. The minimum absolute atomic E-state index is 0.00473. The van der Waals surface area contributed by atoms with Gasteiger partial charge in [-0.25, -0.2) is 0 Å². The summed E-state index contributed by atoms with van der Waals surface area (Å²) in [5, 5.41) is 3.55. The number of allylic oxidation sites excluding steroid dienone is 4. The Balaban J connectivity index is 1.39. The lowest BCUT2D eigenvalue weighted by Gasteiger charge is -2.42. The molecule has 142 valence electrons. The largest absolute Gasteiger partial charge is 0.461 e. The molecule has 1 saturated heterocycles. The summed E-state index contributed by atoms with van der Waals surface area (Å²) in [5.74, 6) is 0.227. The normalized spacial score (nSPS) is 36.5. The molecule has 0 amide bonds. The summed E-state index contributed by atoms with van der Waals surface area (Å²) < 4.78 is 5.82. The van der Waals surface area contributed by atoms with Gasteiger partial charge in [-0.05, 0) is 75.8 Å². The molecular formula is C23H33NO2. The van der Waals surface area contributed by atoms with Gasteiger partial charge in [0.1, 0.15) is 6.10 Å². The van der Waals surface area contributed by atoms with Gasteiger partial charge in [0.05, 0.1) is 5.92 Å². The van der Waals surface area contributed by atoms with Crippen molar-refractivity contribution in [3.05, 3.63) is 34.9 Å². The highest BCUT2D eigenvalue weighted by Crippen LogP contribution is 2.52. The average Bonchev–Trinajstić information content (AvgIpc) is 2.92. The van der Waals surface area contributed by atoms with Crippen LogP contribution in [0.15, 0.2) is 34.9 Å². The van der Waals surface area contributed by atoms with Gasteiger partial charge in [0, 0.05) is 12.5 Å². The zero-order chi connectivity index (χ0) is 18.1. The van der Waals surface area contributed by atoms with Crippen LogP contribution in [0.1, 0.15) is 65.2 Å². The van der Waals surface area contributed by atoms with Crippen LogP contribution in [0.25, 0.3) is 0 Å². The van der Waals surface area contributed by atoms with E-state index in [0.717, 1.165) is 32.4 Å². The van der Waals surface area contributed by atoms with E-state index in [1.165, 1.54) is 43.3 Å². The SMILES string of the molecule is CC1=CCCC2(C)CC3OC(=O)C(CNCCC4=CCCCC4)C3C=C12. The van der Waals surface area contributed by atoms with Gasteiger partial charge in [-0.1, -0.05) is 36.3 Å². The van der Waals surface area contributed by atoms with Crippen LogP contribution in [0.5, 0.6) is 0 Å². The van der Waals surface area contributed by atoms with Crippen LogP contribution < -0.4 is 5.32 Å². The van der Waals surface area contributed by atoms with E-state index < -0.39 is 0 Å². The molecule has 0 radical (unpaired) electrons. The van der Waals surface area contributed by atoms with Crippen molar-refractivity contribution in [3.63, 3.8) is 0 Å². The quantitative estimate of drug-likeness (QED) is 0.441. The number of carbonyl (C=O) groups is 1. The third-order valence-corrected chi connectivity index (χ3v) is 7.07. The summed E-state index contributed by atoms with van der Waals surface area (Å²) in [4.78, 5) is 12.5. The smallest absolute Gasteiger partial charge is 0.311 e. The van der Waals surface area contributed by atoms with E-state index in [4.69, 9.17) is 4.74 Å². The number of esters is 1. The molecule has 0 spiro atoms. The van der Waals surface area contributed by atoms with Crippen molar-refractivity contribution in [3.8, 4) is 0 Å². The van der Waals surface area contributed by atoms with Gasteiger partial charge in [0.25, 0.3) is 0 Å².